The number of hydrogen-bond donors (Lipinski definition) is 1. The van der Waals surface area contributed by atoms with Crippen LogP contribution in [-0.4, -0.2) is 17.7 Å². The van der Waals surface area contributed by atoms with Gasteiger partial charge < -0.3 is 9.84 Å². The molecule has 1 N–H and O–H groups in total. The summed E-state index contributed by atoms with van der Waals surface area (Å²) in [5, 5.41) is 10.8. The molecule has 3 nitrogen and oxygen atoms in total. The predicted octanol–water partition coefficient (Wildman–Crippen LogP) is 3.73. The van der Waals surface area contributed by atoms with Crippen LogP contribution in [0.25, 0.3) is 0 Å². The highest BCUT2D eigenvalue weighted by Gasteiger charge is 2.28. The number of esters is 1. The molecule has 0 amide bonds. The van der Waals surface area contributed by atoms with Gasteiger partial charge in [-0.2, -0.15) is 0 Å². The number of carbonyl (C=O) groups excluding carboxylic acids is 1. The van der Waals surface area contributed by atoms with Gasteiger partial charge >= 0.3 is 5.97 Å². The van der Waals surface area contributed by atoms with Crippen molar-refractivity contribution in [1.29, 1.82) is 0 Å². The lowest BCUT2D eigenvalue weighted by Gasteiger charge is -2.21. The maximum Gasteiger partial charge on any atom is 0.311 e. The highest BCUT2D eigenvalue weighted by molar-refractivity contribution is 9.10. The minimum absolute atomic E-state index is 0.309. The quantitative estimate of drug-likeness (QED) is 0.834. The van der Waals surface area contributed by atoms with Crippen molar-refractivity contribution >= 4 is 33.5 Å². The Labute approximate surface area is 120 Å². The number of aliphatic hydroxyl groups excluding tert-OH is 1. The summed E-state index contributed by atoms with van der Waals surface area (Å²) in [6.07, 6.45) is -0.393. The molecule has 0 radical (unpaired) electrons. The predicted molar refractivity (Wildman–Crippen MR) is 74.5 cm³/mol. The standard InChI is InChI=1S/C13H16BrClO3/c1-3-9(13(17)18-4-2)12(16)10-6-5-8(15)7-11(10)14/h5-7,9,12,16H,3-4H2,1-2H3. The van der Waals surface area contributed by atoms with Gasteiger partial charge in [0, 0.05) is 9.50 Å². The van der Waals surface area contributed by atoms with E-state index in [2.05, 4.69) is 15.9 Å². The third-order valence-electron chi connectivity index (χ3n) is 2.69. The molecular formula is C13H16BrClO3. The molecule has 0 aliphatic carbocycles. The molecular weight excluding hydrogens is 319 g/mol. The monoisotopic (exact) mass is 334 g/mol. The van der Waals surface area contributed by atoms with E-state index in [0.717, 1.165) is 0 Å². The summed E-state index contributed by atoms with van der Waals surface area (Å²) in [5.74, 6) is -0.947. The van der Waals surface area contributed by atoms with Crippen LogP contribution in [0.1, 0.15) is 31.9 Å². The number of rotatable bonds is 5. The first kappa shape index (κ1) is 15.5. The Morgan fingerprint density at radius 3 is 2.67 bits per heavy atom. The fourth-order valence-electron chi connectivity index (χ4n) is 1.73. The van der Waals surface area contributed by atoms with Gasteiger partial charge in [0.05, 0.1) is 18.6 Å². The van der Waals surface area contributed by atoms with E-state index in [-0.39, 0.29) is 5.97 Å². The number of aliphatic hydroxyl groups is 1. The average Bonchev–Trinajstić information content (AvgIpc) is 2.29. The Hall–Kier alpha value is -0.580. The normalized spacial score (nSPS) is 14.1. The summed E-state index contributed by atoms with van der Waals surface area (Å²) in [5.41, 5.74) is 0.638. The first-order valence-corrected chi connectivity index (χ1v) is 6.98. The Bertz CT molecular complexity index is 423. The Morgan fingerprint density at radius 2 is 2.17 bits per heavy atom. The van der Waals surface area contributed by atoms with Crippen LogP contribution in [0.4, 0.5) is 0 Å². The maximum atomic E-state index is 11.7. The molecule has 5 heteroatoms. The van der Waals surface area contributed by atoms with Crippen LogP contribution in [0.2, 0.25) is 5.02 Å². The van der Waals surface area contributed by atoms with Gasteiger partial charge in [0.2, 0.25) is 0 Å². The Kier molecular flexibility index (Phi) is 6.12. The maximum absolute atomic E-state index is 11.7. The highest BCUT2D eigenvalue weighted by atomic mass is 79.9. The van der Waals surface area contributed by atoms with Crippen LogP contribution in [0.3, 0.4) is 0 Å². The van der Waals surface area contributed by atoms with Gasteiger partial charge in [0.25, 0.3) is 0 Å². The number of hydrogen-bond acceptors (Lipinski definition) is 3. The van der Waals surface area contributed by atoms with Crippen LogP contribution in [-0.2, 0) is 9.53 Å². The van der Waals surface area contributed by atoms with Gasteiger partial charge in [-0.15, -0.1) is 0 Å². The third kappa shape index (κ3) is 3.70. The molecule has 2 atom stereocenters. The van der Waals surface area contributed by atoms with Gasteiger partial charge in [0.1, 0.15) is 0 Å². The van der Waals surface area contributed by atoms with E-state index in [1.54, 1.807) is 25.1 Å². The van der Waals surface area contributed by atoms with E-state index in [1.165, 1.54) is 0 Å². The molecule has 0 fully saturated rings. The van der Waals surface area contributed by atoms with Gasteiger partial charge in [-0.05, 0) is 31.0 Å². The van der Waals surface area contributed by atoms with Gasteiger partial charge in [-0.25, -0.2) is 0 Å². The van der Waals surface area contributed by atoms with Crippen LogP contribution in [0.5, 0.6) is 0 Å². The number of ether oxygens (including phenoxy) is 1. The van der Waals surface area contributed by atoms with E-state index in [1.807, 2.05) is 6.92 Å². The van der Waals surface area contributed by atoms with Crippen molar-refractivity contribution in [2.24, 2.45) is 5.92 Å². The summed E-state index contributed by atoms with van der Waals surface area (Å²) in [6.45, 7) is 3.90. The van der Waals surface area contributed by atoms with Crippen molar-refractivity contribution in [1.82, 2.24) is 0 Å². The largest absolute Gasteiger partial charge is 0.466 e. The molecule has 0 spiro atoms. The summed E-state index contributed by atoms with van der Waals surface area (Å²) >= 11 is 9.18. The molecule has 18 heavy (non-hydrogen) atoms. The molecule has 0 aliphatic rings. The van der Waals surface area contributed by atoms with Crippen LogP contribution in [0.15, 0.2) is 22.7 Å². The topological polar surface area (TPSA) is 46.5 Å². The van der Waals surface area contributed by atoms with Gasteiger partial charge in [0.15, 0.2) is 0 Å². The molecule has 0 bridgehead atoms. The van der Waals surface area contributed by atoms with Gasteiger partial charge in [-0.1, -0.05) is 40.5 Å². The lowest BCUT2D eigenvalue weighted by Crippen LogP contribution is -2.24. The lowest BCUT2D eigenvalue weighted by atomic mass is 9.93. The van der Waals surface area contributed by atoms with Crippen molar-refractivity contribution in [3.8, 4) is 0 Å². The number of carbonyl (C=O) groups is 1. The fourth-order valence-corrected chi connectivity index (χ4v) is 2.64. The van der Waals surface area contributed by atoms with Crippen molar-refractivity contribution in [3.05, 3.63) is 33.3 Å². The van der Waals surface area contributed by atoms with E-state index < -0.39 is 12.0 Å². The molecule has 0 heterocycles. The zero-order valence-corrected chi connectivity index (χ0v) is 12.7. The second-order valence-electron chi connectivity index (χ2n) is 3.88. The zero-order valence-electron chi connectivity index (χ0n) is 10.3. The summed E-state index contributed by atoms with van der Waals surface area (Å²) in [7, 11) is 0. The summed E-state index contributed by atoms with van der Waals surface area (Å²) in [4.78, 5) is 11.7. The second-order valence-corrected chi connectivity index (χ2v) is 5.17. The van der Waals surface area contributed by atoms with Crippen LogP contribution in [0, 0.1) is 5.92 Å². The first-order chi connectivity index (χ1) is 8.51. The molecule has 2 unspecified atom stereocenters. The third-order valence-corrected chi connectivity index (χ3v) is 3.61. The second kappa shape index (κ2) is 7.12. The molecule has 1 aromatic carbocycles. The van der Waals surface area contributed by atoms with Crippen molar-refractivity contribution in [2.75, 3.05) is 6.61 Å². The summed E-state index contributed by atoms with van der Waals surface area (Å²) in [6, 6.07) is 5.08. The smallest absolute Gasteiger partial charge is 0.311 e. The van der Waals surface area contributed by atoms with Crippen molar-refractivity contribution < 1.29 is 14.6 Å². The molecule has 0 aliphatic heterocycles. The zero-order chi connectivity index (χ0) is 13.7. The van der Waals surface area contributed by atoms with E-state index in [9.17, 15) is 9.90 Å². The molecule has 0 saturated heterocycles. The van der Waals surface area contributed by atoms with E-state index in [0.29, 0.717) is 28.1 Å². The Morgan fingerprint density at radius 1 is 1.50 bits per heavy atom. The van der Waals surface area contributed by atoms with E-state index in [4.69, 9.17) is 16.3 Å². The SMILES string of the molecule is CCOC(=O)C(CC)C(O)c1ccc(Cl)cc1Br. The number of halogens is 2. The fraction of sp³-hybridized carbons (Fsp3) is 0.462. The lowest BCUT2D eigenvalue weighted by molar-refractivity contribution is -0.152. The molecule has 1 rings (SSSR count). The van der Waals surface area contributed by atoms with E-state index >= 15 is 0 Å². The van der Waals surface area contributed by atoms with Crippen molar-refractivity contribution in [2.45, 2.75) is 26.4 Å². The van der Waals surface area contributed by atoms with Crippen LogP contribution < -0.4 is 0 Å². The summed E-state index contributed by atoms with van der Waals surface area (Å²) < 4.78 is 5.65. The van der Waals surface area contributed by atoms with Crippen molar-refractivity contribution in [3.63, 3.8) is 0 Å². The molecule has 1 aromatic rings. The number of benzene rings is 1. The Balaban J connectivity index is 2.96. The highest BCUT2D eigenvalue weighted by Crippen LogP contribution is 2.32. The minimum Gasteiger partial charge on any atom is -0.466 e. The van der Waals surface area contributed by atoms with Crippen LogP contribution >= 0.6 is 27.5 Å². The van der Waals surface area contributed by atoms with Gasteiger partial charge in [-0.3, -0.25) is 4.79 Å². The average molecular weight is 336 g/mol. The molecule has 0 aromatic heterocycles. The molecule has 0 saturated carbocycles. The molecule has 100 valence electrons. The minimum atomic E-state index is -0.902. The first-order valence-electron chi connectivity index (χ1n) is 5.80.